The molecule has 1 aliphatic heterocycles. The Labute approximate surface area is 103 Å². The topological polar surface area (TPSA) is 68.2 Å². The van der Waals surface area contributed by atoms with Crippen molar-refractivity contribution in [3.63, 3.8) is 0 Å². The fourth-order valence-electron chi connectivity index (χ4n) is 2.26. The number of rotatable bonds is 2. The molecule has 0 spiro atoms. The van der Waals surface area contributed by atoms with Gasteiger partial charge in [-0.2, -0.15) is 0 Å². The number of nitrogen functional groups attached to an aromatic ring is 1. The molecular weight excluding hydrogens is 236 g/mol. The lowest BCUT2D eigenvalue weighted by molar-refractivity contribution is 0.272. The van der Waals surface area contributed by atoms with Gasteiger partial charge in [0, 0.05) is 18.0 Å². The maximum absolute atomic E-state index is 6.07. The first-order chi connectivity index (χ1) is 8.29. The van der Waals surface area contributed by atoms with Gasteiger partial charge in [-0.1, -0.05) is 6.92 Å². The van der Waals surface area contributed by atoms with Gasteiger partial charge in [-0.25, -0.2) is 0 Å². The molecule has 0 aliphatic carbocycles. The molecule has 3 rings (SSSR count). The van der Waals surface area contributed by atoms with Gasteiger partial charge in [-0.3, -0.25) is 4.90 Å². The number of hydrogen-bond acceptors (Lipinski definition) is 6. The van der Waals surface area contributed by atoms with E-state index in [1.165, 1.54) is 16.8 Å². The number of anilines is 1. The number of hydrogen-bond donors (Lipinski definition) is 1. The molecule has 2 aromatic rings. The molecule has 1 aliphatic rings. The average Bonchev–Trinajstić information content (AvgIpc) is 2.93. The first-order valence-corrected chi connectivity index (χ1v) is 6.50. The van der Waals surface area contributed by atoms with Crippen molar-refractivity contribution in [1.82, 2.24) is 15.1 Å². The Balaban J connectivity index is 2.05. The van der Waals surface area contributed by atoms with Crippen molar-refractivity contribution < 1.29 is 4.42 Å². The smallest absolute Gasteiger partial charge is 0.250 e. The second-order valence-corrected chi connectivity index (χ2v) is 5.24. The van der Waals surface area contributed by atoms with Crippen molar-refractivity contribution in [2.24, 2.45) is 0 Å². The number of nitrogens with zero attached hydrogens (tertiary/aromatic N) is 3. The fourth-order valence-corrected chi connectivity index (χ4v) is 3.42. The summed E-state index contributed by atoms with van der Waals surface area (Å²) in [5.74, 6) is 0.546. The summed E-state index contributed by atoms with van der Waals surface area (Å²) < 4.78 is 5.27. The van der Waals surface area contributed by atoms with Gasteiger partial charge in [0.05, 0.1) is 10.6 Å². The summed E-state index contributed by atoms with van der Waals surface area (Å²) in [5, 5.41) is 8.47. The Morgan fingerprint density at radius 2 is 2.47 bits per heavy atom. The normalized spacial score (nSPS) is 16.1. The van der Waals surface area contributed by atoms with Crippen LogP contribution in [0.2, 0.25) is 0 Å². The molecule has 6 heteroatoms. The van der Waals surface area contributed by atoms with E-state index in [9.17, 15) is 0 Å². The third-order valence-corrected chi connectivity index (χ3v) is 4.23. The van der Waals surface area contributed by atoms with E-state index >= 15 is 0 Å². The first kappa shape index (κ1) is 10.7. The number of likely N-dealkylation sites (N-methyl/N-ethyl adjacent to an activating group) is 1. The van der Waals surface area contributed by atoms with Crippen LogP contribution in [0.5, 0.6) is 0 Å². The van der Waals surface area contributed by atoms with E-state index in [0.717, 1.165) is 36.6 Å². The zero-order valence-electron chi connectivity index (χ0n) is 9.64. The van der Waals surface area contributed by atoms with E-state index < -0.39 is 0 Å². The first-order valence-electron chi connectivity index (χ1n) is 5.68. The Morgan fingerprint density at radius 3 is 3.18 bits per heavy atom. The minimum absolute atomic E-state index is 0.546. The molecule has 0 fully saturated rings. The number of aromatic nitrogens is 2. The summed E-state index contributed by atoms with van der Waals surface area (Å²) in [6, 6.07) is 0. The van der Waals surface area contributed by atoms with Crippen molar-refractivity contribution in [3.8, 4) is 11.5 Å². The minimum Gasteiger partial charge on any atom is -0.423 e. The van der Waals surface area contributed by atoms with Crippen LogP contribution in [0, 0.1) is 0 Å². The van der Waals surface area contributed by atoms with E-state index in [1.54, 1.807) is 11.3 Å². The van der Waals surface area contributed by atoms with E-state index in [-0.39, 0.29) is 0 Å². The van der Waals surface area contributed by atoms with Crippen LogP contribution in [0.1, 0.15) is 17.4 Å². The summed E-state index contributed by atoms with van der Waals surface area (Å²) in [6.07, 6.45) is 2.36. The summed E-state index contributed by atoms with van der Waals surface area (Å²) >= 11 is 1.64. The Morgan fingerprint density at radius 1 is 1.59 bits per heavy atom. The molecular formula is C11H14N4OS. The lowest BCUT2D eigenvalue weighted by atomic mass is 10.0. The highest BCUT2D eigenvalue weighted by Gasteiger charge is 2.25. The van der Waals surface area contributed by atoms with Crippen LogP contribution < -0.4 is 5.73 Å². The van der Waals surface area contributed by atoms with Crippen LogP contribution in [0.15, 0.2) is 10.8 Å². The van der Waals surface area contributed by atoms with Gasteiger partial charge in [0.1, 0.15) is 0 Å². The predicted molar refractivity (Wildman–Crippen MR) is 66.7 cm³/mol. The van der Waals surface area contributed by atoms with Crippen molar-refractivity contribution >= 4 is 16.3 Å². The molecule has 17 heavy (non-hydrogen) atoms. The summed E-state index contributed by atoms with van der Waals surface area (Å²) in [4.78, 5) is 3.75. The summed E-state index contributed by atoms with van der Waals surface area (Å²) in [5.41, 5.74) is 8.32. The van der Waals surface area contributed by atoms with Crippen molar-refractivity contribution in [2.45, 2.75) is 19.9 Å². The zero-order chi connectivity index (χ0) is 11.8. The Hall–Kier alpha value is -1.40. The molecule has 2 aromatic heterocycles. The van der Waals surface area contributed by atoms with Gasteiger partial charge in [-0.05, 0) is 18.5 Å². The molecule has 0 saturated carbocycles. The molecule has 0 bridgehead atoms. The van der Waals surface area contributed by atoms with Gasteiger partial charge >= 0.3 is 0 Å². The second-order valence-electron chi connectivity index (χ2n) is 4.11. The largest absolute Gasteiger partial charge is 0.423 e. The molecule has 3 heterocycles. The molecule has 0 saturated heterocycles. The number of fused-ring (bicyclic) bond motifs is 1. The minimum atomic E-state index is 0.546. The predicted octanol–water partition coefficient (Wildman–Crippen LogP) is 1.76. The quantitative estimate of drug-likeness (QED) is 0.879. The summed E-state index contributed by atoms with van der Waals surface area (Å²) in [6.45, 7) is 5.31. The third-order valence-electron chi connectivity index (χ3n) is 3.18. The van der Waals surface area contributed by atoms with Gasteiger partial charge in [-0.15, -0.1) is 21.5 Å². The number of thiophene rings is 1. The van der Waals surface area contributed by atoms with Crippen LogP contribution in [0.25, 0.3) is 11.5 Å². The highest BCUT2D eigenvalue weighted by Crippen LogP contribution is 2.40. The Kier molecular flexibility index (Phi) is 2.60. The monoisotopic (exact) mass is 250 g/mol. The van der Waals surface area contributed by atoms with E-state index in [1.807, 2.05) is 0 Å². The fraction of sp³-hybridized carbons (Fsp3) is 0.455. The van der Waals surface area contributed by atoms with Crippen LogP contribution in [-0.4, -0.2) is 28.2 Å². The molecule has 0 aromatic carbocycles. The third kappa shape index (κ3) is 1.73. The molecule has 0 atom stereocenters. The van der Waals surface area contributed by atoms with Crippen LogP contribution >= 0.6 is 11.3 Å². The van der Waals surface area contributed by atoms with Gasteiger partial charge in [0.15, 0.2) is 0 Å². The highest BCUT2D eigenvalue weighted by molar-refractivity contribution is 7.16. The lowest BCUT2D eigenvalue weighted by Crippen LogP contribution is -2.29. The van der Waals surface area contributed by atoms with E-state index in [0.29, 0.717) is 5.89 Å². The van der Waals surface area contributed by atoms with Gasteiger partial charge in [0.25, 0.3) is 5.89 Å². The summed E-state index contributed by atoms with van der Waals surface area (Å²) in [7, 11) is 0. The van der Waals surface area contributed by atoms with Crippen LogP contribution in [0.4, 0.5) is 5.00 Å². The zero-order valence-corrected chi connectivity index (χ0v) is 10.5. The molecule has 0 amide bonds. The number of nitrogens with two attached hydrogens (primary N) is 1. The van der Waals surface area contributed by atoms with Crippen molar-refractivity contribution in [2.75, 3.05) is 18.8 Å². The maximum atomic E-state index is 6.07. The van der Waals surface area contributed by atoms with Gasteiger partial charge in [0.2, 0.25) is 6.39 Å². The van der Waals surface area contributed by atoms with Crippen LogP contribution in [0.3, 0.4) is 0 Å². The average molecular weight is 250 g/mol. The van der Waals surface area contributed by atoms with Gasteiger partial charge < -0.3 is 10.2 Å². The van der Waals surface area contributed by atoms with Crippen molar-refractivity contribution in [1.29, 1.82) is 0 Å². The lowest BCUT2D eigenvalue weighted by Gasteiger charge is -2.25. The molecule has 2 N–H and O–H groups in total. The van der Waals surface area contributed by atoms with Crippen LogP contribution in [-0.2, 0) is 13.0 Å². The standard InChI is InChI=1S/C11H14N4OS/c1-2-15-4-3-7-8(5-15)17-10(12)9(7)11-14-13-6-16-11/h6H,2-5,12H2,1H3. The maximum Gasteiger partial charge on any atom is 0.250 e. The van der Waals surface area contributed by atoms with Crippen molar-refractivity contribution in [3.05, 3.63) is 16.8 Å². The molecule has 5 nitrogen and oxygen atoms in total. The molecule has 90 valence electrons. The van der Waals surface area contributed by atoms with E-state index in [2.05, 4.69) is 22.0 Å². The highest BCUT2D eigenvalue weighted by atomic mass is 32.1. The SMILES string of the molecule is CCN1CCc2c(sc(N)c2-c2nnco2)C1. The second kappa shape index (κ2) is 4.12. The molecule has 0 radical (unpaired) electrons. The Bertz CT molecular complexity index is 520. The van der Waals surface area contributed by atoms with E-state index in [4.69, 9.17) is 10.2 Å². The molecule has 0 unspecified atom stereocenters.